The smallest absolute Gasteiger partial charge is 0.225 e. The molecule has 0 radical (unpaired) electrons. The minimum atomic E-state index is 0.115. The Labute approximate surface area is 202 Å². The van der Waals surface area contributed by atoms with Crippen LogP contribution in [0.4, 0.5) is 17.3 Å². The van der Waals surface area contributed by atoms with Crippen molar-refractivity contribution in [1.29, 1.82) is 0 Å². The molecule has 3 aliphatic rings. The van der Waals surface area contributed by atoms with E-state index in [9.17, 15) is 4.79 Å². The molecule has 1 amide bonds. The number of hydrogen-bond donors (Lipinski definition) is 0. The zero-order chi connectivity index (χ0) is 23.3. The van der Waals surface area contributed by atoms with E-state index >= 15 is 0 Å². The second-order valence-electron chi connectivity index (χ2n) is 9.57. The van der Waals surface area contributed by atoms with Gasteiger partial charge in [0, 0.05) is 64.0 Å². The van der Waals surface area contributed by atoms with Crippen LogP contribution >= 0.6 is 0 Å². The van der Waals surface area contributed by atoms with E-state index in [-0.39, 0.29) is 5.92 Å². The van der Waals surface area contributed by atoms with Crippen LogP contribution in [0.1, 0.15) is 32.1 Å². The lowest BCUT2D eigenvalue weighted by atomic mass is 9.95. The van der Waals surface area contributed by atoms with E-state index in [0.717, 1.165) is 82.6 Å². The zero-order valence-electron chi connectivity index (χ0n) is 20.2. The molecule has 182 valence electrons. The number of aromatic nitrogens is 2. The first-order valence-electron chi connectivity index (χ1n) is 12.7. The molecule has 3 fully saturated rings. The number of rotatable bonds is 5. The van der Waals surface area contributed by atoms with Crippen LogP contribution in [0.25, 0.3) is 0 Å². The van der Waals surface area contributed by atoms with Crippen LogP contribution in [-0.2, 0) is 4.79 Å². The molecule has 5 rings (SSSR count). The van der Waals surface area contributed by atoms with Crippen LogP contribution in [0, 0.1) is 5.92 Å². The molecule has 0 aliphatic carbocycles. The fourth-order valence-electron chi connectivity index (χ4n) is 5.37. The predicted molar refractivity (Wildman–Crippen MR) is 135 cm³/mol. The minimum Gasteiger partial charge on any atom is -0.497 e. The molecule has 1 aromatic heterocycles. The summed E-state index contributed by atoms with van der Waals surface area (Å²) in [6.45, 7) is 7.19. The Hall–Kier alpha value is -3.03. The average Bonchev–Trinajstić information content (AvgIpc) is 2.93. The van der Waals surface area contributed by atoms with Crippen LogP contribution in [0.2, 0.25) is 0 Å². The highest BCUT2D eigenvalue weighted by molar-refractivity contribution is 5.79. The molecule has 0 saturated carbocycles. The van der Waals surface area contributed by atoms with Gasteiger partial charge < -0.3 is 24.3 Å². The lowest BCUT2D eigenvalue weighted by Gasteiger charge is -2.39. The fraction of sp³-hybridized carbons (Fsp3) is 0.577. The second kappa shape index (κ2) is 10.5. The van der Waals surface area contributed by atoms with Gasteiger partial charge in [0.15, 0.2) is 11.6 Å². The number of amides is 1. The van der Waals surface area contributed by atoms with Crippen molar-refractivity contribution in [3.05, 3.63) is 36.4 Å². The Bertz CT molecular complexity index is 929. The van der Waals surface area contributed by atoms with E-state index in [1.165, 1.54) is 24.9 Å². The number of ether oxygens (including phenoxy) is 1. The molecule has 3 aliphatic heterocycles. The number of carbonyl (C=O) groups excluding carboxylic acids is 1. The first-order valence-corrected chi connectivity index (χ1v) is 12.7. The minimum absolute atomic E-state index is 0.115. The highest BCUT2D eigenvalue weighted by Gasteiger charge is 2.31. The van der Waals surface area contributed by atoms with Crippen molar-refractivity contribution in [2.24, 2.45) is 5.92 Å². The van der Waals surface area contributed by atoms with Gasteiger partial charge in [0.05, 0.1) is 7.11 Å². The predicted octanol–water partition coefficient (Wildman–Crippen LogP) is 3.04. The summed E-state index contributed by atoms with van der Waals surface area (Å²) < 4.78 is 5.25. The molecule has 34 heavy (non-hydrogen) atoms. The summed E-state index contributed by atoms with van der Waals surface area (Å²) >= 11 is 0. The molecule has 0 unspecified atom stereocenters. The number of methoxy groups -OCH3 is 1. The third kappa shape index (κ3) is 5.05. The van der Waals surface area contributed by atoms with Crippen molar-refractivity contribution in [1.82, 2.24) is 15.1 Å². The standard InChI is InChI=1S/C26H36N6O2/c1-34-23-7-5-22(6-8-23)29-17-19-32(20-18-29)26(33)21-11-15-31(16-12-21)25-10-9-24(27-28-25)30-13-3-2-4-14-30/h5-10,21H,2-4,11-20H2,1H3. The van der Waals surface area contributed by atoms with Crippen LogP contribution in [-0.4, -0.2) is 80.5 Å². The van der Waals surface area contributed by atoms with Crippen molar-refractivity contribution in [3.8, 4) is 5.75 Å². The SMILES string of the molecule is COc1ccc(N2CCN(C(=O)C3CCN(c4ccc(N5CCCCC5)nn4)CC3)CC2)cc1. The molecule has 0 bridgehead atoms. The van der Waals surface area contributed by atoms with Gasteiger partial charge in [0.1, 0.15) is 5.75 Å². The maximum Gasteiger partial charge on any atom is 0.225 e. The van der Waals surface area contributed by atoms with Gasteiger partial charge in [0.2, 0.25) is 5.91 Å². The maximum absolute atomic E-state index is 13.2. The fourth-order valence-corrected chi connectivity index (χ4v) is 5.37. The first kappa shape index (κ1) is 22.7. The van der Waals surface area contributed by atoms with Crippen LogP contribution in [0.3, 0.4) is 0 Å². The molecule has 0 N–H and O–H groups in total. The number of hydrogen-bond acceptors (Lipinski definition) is 7. The Kier molecular flexibility index (Phi) is 7.02. The van der Waals surface area contributed by atoms with Crippen molar-refractivity contribution in [2.75, 3.05) is 74.2 Å². The van der Waals surface area contributed by atoms with E-state index in [0.29, 0.717) is 5.91 Å². The summed E-state index contributed by atoms with van der Waals surface area (Å²) in [6, 6.07) is 12.4. The highest BCUT2D eigenvalue weighted by Crippen LogP contribution is 2.26. The molecule has 1 aromatic carbocycles. The lowest BCUT2D eigenvalue weighted by molar-refractivity contribution is -0.136. The van der Waals surface area contributed by atoms with Crippen molar-refractivity contribution in [2.45, 2.75) is 32.1 Å². The summed E-state index contributed by atoms with van der Waals surface area (Å²) in [5, 5.41) is 9.01. The monoisotopic (exact) mass is 464 g/mol. The molecular formula is C26H36N6O2. The summed E-state index contributed by atoms with van der Waals surface area (Å²) in [6.07, 6.45) is 5.55. The van der Waals surface area contributed by atoms with Gasteiger partial charge in [-0.05, 0) is 68.5 Å². The van der Waals surface area contributed by atoms with Crippen LogP contribution in [0.5, 0.6) is 5.75 Å². The van der Waals surface area contributed by atoms with Gasteiger partial charge in [-0.15, -0.1) is 10.2 Å². The van der Waals surface area contributed by atoms with Crippen molar-refractivity contribution >= 4 is 23.2 Å². The summed E-state index contributed by atoms with van der Waals surface area (Å²) in [5.41, 5.74) is 1.19. The molecular weight excluding hydrogens is 428 g/mol. The molecule has 0 atom stereocenters. The molecule has 8 heteroatoms. The van der Waals surface area contributed by atoms with E-state index in [4.69, 9.17) is 4.74 Å². The number of piperazine rings is 1. The Balaban J connectivity index is 1.09. The van der Waals surface area contributed by atoms with Gasteiger partial charge >= 0.3 is 0 Å². The Morgan fingerprint density at radius 1 is 0.735 bits per heavy atom. The number of anilines is 3. The van der Waals surface area contributed by atoms with Crippen molar-refractivity contribution in [3.63, 3.8) is 0 Å². The summed E-state index contributed by atoms with van der Waals surface area (Å²) in [7, 11) is 1.68. The number of piperidine rings is 2. The van der Waals surface area contributed by atoms with E-state index in [2.05, 4.69) is 54.1 Å². The van der Waals surface area contributed by atoms with Crippen LogP contribution < -0.4 is 19.4 Å². The average molecular weight is 465 g/mol. The first-order chi connectivity index (χ1) is 16.7. The maximum atomic E-state index is 13.2. The summed E-state index contributed by atoms with van der Waals surface area (Å²) in [5.74, 6) is 3.22. The van der Waals surface area contributed by atoms with Crippen LogP contribution in [0.15, 0.2) is 36.4 Å². The third-order valence-corrected chi connectivity index (χ3v) is 7.51. The molecule has 8 nitrogen and oxygen atoms in total. The number of carbonyl (C=O) groups is 1. The number of benzene rings is 1. The van der Waals surface area contributed by atoms with Gasteiger partial charge in [-0.1, -0.05) is 0 Å². The molecule has 3 saturated heterocycles. The third-order valence-electron chi connectivity index (χ3n) is 7.51. The Morgan fingerprint density at radius 3 is 1.88 bits per heavy atom. The van der Waals surface area contributed by atoms with Gasteiger partial charge in [-0.25, -0.2) is 0 Å². The van der Waals surface area contributed by atoms with Gasteiger partial charge in [-0.3, -0.25) is 4.79 Å². The van der Waals surface area contributed by atoms with Gasteiger partial charge in [-0.2, -0.15) is 0 Å². The van der Waals surface area contributed by atoms with Gasteiger partial charge in [0.25, 0.3) is 0 Å². The number of nitrogens with zero attached hydrogens (tertiary/aromatic N) is 6. The van der Waals surface area contributed by atoms with E-state index < -0.39 is 0 Å². The summed E-state index contributed by atoms with van der Waals surface area (Å²) in [4.78, 5) is 22.2. The lowest BCUT2D eigenvalue weighted by Crippen LogP contribution is -2.51. The quantitative estimate of drug-likeness (QED) is 0.674. The topological polar surface area (TPSA) is 65.0 Å². The Morgan fingerprint density at radius 2 is 1.32 bits per heavy atom. The highest BCUT2D eigenvalue weighted by atomic mass is 16.5. The zero-order valence-corrected chi connectivity index (χ0v) is 20.2. The molecule has 2 aromatic rings. The normalized spacial score (nSPS) is 19.9. The van der Waals surface area contributed by atoms with Crippen molar-refractivity contribution < 1.29 is 9.53 Å². The molecule has 0 spiro atoms. The second-order valence-corrected chi connectivity index (χ2v) is 9.57. The largest absolute Gasteiger partial charge is 0.497 e. The molecule has 4 heterocycles. The van der Waals surface area contributed by atoms with E-state index in [1.807, 2.05) is 12.1 Å². The van der Waals surface area contributed by atoms with E-state index in [1.54, 1.807) is 7.11 Å².